The number of rotatable bonds is 4. The number of aliphatic imine (C=N–C) groups is 1. The van der Waals surface area contributed by atoms with Crippen LogP contribution in [0.2, 0.25) is 5.02 Å². The first-order valence-corrected chi connectivity index (χ1v) is 7.93. The van der Waals surface area contributed by atoms with Crippen LogP contribution in [0.1, 0.15) is 18.4 Å². The summed E-state index contributed by atoms with van der Waals surface area (Å²) in [6, 6.07) is 9.31. The van der Waals surface area contributed by atoms with E-state index in [1.807, 2.05) is 0 Å². The van der Waals surface area contributed by atoms with Gasteiger partial charge < -0.3 is 10.0 Å². The lowest BCUT2D eigenvalue weighted by molar-refractivity contribution is -0.398. The van der Waals surface area contributed by atoms with Crippen LogP contribution in [0.25, 0.3) is 0 Å². The lowest BCUT2D eigenvalue weighted by atomic mass is 10.2. The molecule has 1 heterocycles. The Kier molecular flexibility index (Phi) is 4.67. The van der Waals surface area contributed by atoms with Gasteiger partial charge in [0.05, 0.1) is 10.6 Å². The minimum Gasteiger partial charge on any atom is -0.867 e. The molecule has 0 aromatic heterocycles. The van der Waals surface area contributed by atoms with Crippen LogP contribution >= 0.6 is 11.6 Å². The third kappa shape index (κ3) is 3.61. The Morgan fingerprint density at radius 2 is 1.96 bits per heavy atom. The van der Waals surface area contributed by atoms with Crippen LogP contribution in [-0.4, -0.2) is 23.6 Å². The van der Waals surface area contributed by atoms with Crippen molar-refractivity contribution in [3.63, 3.8) is 0 Å². The van der Waals surface area contributed by atoms with Crippen molar-refractivity contribution in [1.29, 1.82) is 0 Å². The van der Waals surface area contributed by atoms with E-state index >= 15 is 0 Å². The number of nitro groups is 1. The summed E-state index contributed by atoms with van der Waals surface area (Å²) in [5, 5.41) is 23.0. The summed E-state index contributed by atoms with van der Waals surface area (Å²) in [5.41, 5.74) is 0.802. The molecule has 1 saturated heterocycles. The molecule has 3 rings (SSSR count). The summed E-state index contributed by atoms with van der Waals surface area (Å²) in [6.07, 6.45) is 2.65. The molecule has 0 bridgehead atoms. The maximum Gasteiger partial charge on any atom is 0.263 e. The zero-order valence-electron chi connectivity index (χ0n) is 13.0. The fourth-order valence-corrected chi connectivity index (χ4v) is 2.84. The first-order valence-electron chi connectivity index (χ1n) is 7.55. The van der Waals surface area contributed by atoms with E-state index in [-0.39, 0.29) is 16.5 Å². The lowest BCUT2D eigenvalue weighted by Gasteiger charge is -2.15. The number of amides is 1. The number of benzene rings is 2. The summed E-state index contributed by atoms with van der Waals surface area (Å²) in [6.45, 7) is 0.702. The van der Waals surface area contributed by atoms with E-state index in [0.717, 1.165) is 18.2 Å². The highest BCUT2D eigenvalue weighted by atomic mass is 35.5. The Labute approximate surface area is 148 Å². The van der Waals surface area contributed by atoms with Gasteiger partial charge in [-0.3, -0.25) is 19.9 Å². The molecular weight excluding hydrogens is 346 g/mol. The first-order chi connectivity index (χ1) is 12.0. The fourth-order valence-electron chi connectivity index (χ4n) is 2.62. The second-order valence-electron chi connectivity index (χ2n) is 5.52. The molecule has 128 valence electrons. The molecule has 1 amide bonds. The van der Waals surface area contributed by atoms with E-state index in [1.54, 1.807) is 29.2 Å². The summed E-state index contributed by atoms with van der Waals surface area (Å²) < 4.78 is 0. The van der Waals surface area contributed by atoms with Crippen molar-refractivity contribution in [1.82, 2.24) is 0 Å². The smallest absolute Gasteiger partial charge is 0.263 e. The standard InChI is InChI=1S/C17H14ClN3O4/c18-12-8-11(17(23)15(9-12)21(24)25)10-19-13-3-5-14(6-4-13)20-7-1-2-16(20)22/h3-6,8-10,23H,1-2,7H2/p-1. The average Bonchev–Trinajstić information content (AvgIpc) is 3.01. The highest BCUT2D eigenvalue weighted by Crippen LogP contribution is 2.30. The van der Waals surface area contributed by atoms with E-state index < -0.39 is 16.4 Å². The van der Waals surface area contributed by atoms with Gasteiger partial charge in [0, 0.05) is 36.0 Å². The number of carbonyl (C=O) groups excluding carboxylic acids is 1. The molecule has 0 unspecified atom stereocenters. The SMILES string of the molecule is O=C1CCCN1c1ccc(N=Cc2cc(Cl)cc([N+](=O)[O-])c2[O-])cc1. The molecule has 25 heavy (non-hydrogen) atoms. The molecular formula is C17H13ClN3O4-. The minimum atomic E-state index is -0.770. The van der Waals surface area contributed by atoms with Gasteiger partial charge in [-0.1, -0.05) is 11.6 Å². The monoisotopic (exact) mass is 358 g/mol. The molecule has 0 N–H and O–H groups in total. The van der Waals surface area contributed by atoms with Crippen molar-refractivity contribution in [3.05, 3.63) is 57.1 Å². The number of nitrogens with zero attached hydrogens (tertiary/aromatic N) is 3. The second kappa shape index (κ2) is 6.90. The van der Waals surface area contributed by atoms with Gasteiger partial charge in [0.15, 0.2) is 0 Å². The van der Waals surface area contributed by atoms with Gasteiger partial charge in [-0.15, -0.1) is 0 Å². The second-order valence-corrected chi connectivity index (χ2v) is 5.96. The highest BCUT2D eigenvalue weighted by molar-refractivity contribution is 6.31. The molecule has 0 radical (unpaired) electrons. The summed E-state index contributed by atoms with van der Waals surface area (Å²) in [5.74, 6) is -0.643. The number of hydrogen-bond donors (Lipinski definition) is 0. The molecule has 1 aliphatic heterocycles. The van der Waals surface area contributed by atoms with E-state index in [4.69, 9.17) is 11.6 Å². The maximum absolute atomic E-state index is 12.0. The summed E-state index contributed by atoms with van der Waals surface area (Å²) in [7, 11) is 0. The molecule has 2 aromatic rings. The quantitative estimate of drug-likeness (QED) is 0.476. The number of carbonyl (C=O) groups is 1. The van der Waals surface area contributed by atoms with Crippen LogP contribution in [0.3, 0.4) is 0 Å². The molecule has 1 aliphatic rings. The van der Waals surface area contributed by atoms with Crippen LogP contribution in [0.4, 0.5) is 17.1 Å². The van der Waals surface area contributed by atoms with E-state index in [9.17, 15) is 20.0 Å². The van der Waals surface area contributed by atoms with Gasteiger partial charge in [-0.25, -0.2) is 0 Å². The van der Waals surface area contributed by atoms with Crippen LogP contribution < -0.4 is 10.0 Å². The molecule has 1 fully saturated rings. The molecule has 7 nitrogen and oxygen atoms in total. The Hall–Kier alpha value is -2.93. The van der Waals surface area contributed by atoms with Crippen LogP contribution in [0, 0.1) is 10.1 Å². The Morgan fingerprint density at radius 1 is 1.24 bits per heavy atom. The first kappa shape index (κ1) is 16.9. The van der Waals surface area contributed by atoms with Crippen molar-refractivity contribution in [2.45, 2.75) is 12.8 Å². The number of anilines is 1. The van der Waals surface area contributed by atoms with E-state index in [1.165, 1.54) is 12.3 Å². The molecule has 0 spiro atoms. The van der Waals surface area contributed by atoms with Crippen molar-refractivity contribution >= 4 is 40.8 Å². The lowest BCUT2D eigenvalue weighted by Crippen LogP contribution is -2.23. The van der Waals surface area contributed by atoms with Crippen molar-refractivity contribution in [2.24, 2.45) is 4.99 Å². The topological polar surface area (TPSA) is 98.9 Å². The van der Waals surface area contributed by atoms with Crippen molar-refractivity contribution in [3.8, 4) is 5.75 Å². The fraction of sp³-hybridized carbons (Fsp3) is 0.176. The average molecular weight is 359 g/mol. The predicted octanol–water partition coefficient (Wildman–Crippen LogP) is 3.20. The largest absolute Gasteiger partial charge is 0.867 e. The van der Waals surface area contributed by atoms with Gasteiger partial charge in [0.2, 0.25) is 5.91 Å². The predicted molar refractivity (Wildman–Crippen MR) is 92.8 cm³/mol. The van der Waals surface area contributed by atoms with Crippen molar-refractivity contribution < 1.29 is 14.8 Å². The zero-order valence-corrected chi connectivity index (χ0v) is 13.8. The van der Waals surface area contributed by atoms with Gasteiger partial charge >= 0.3 is 0 Å². The van der Waals surface area contributed by atoms with Crippen LogP contribution in [0.5, 0.6) is 5.75 Å². The third-order valence-corrected chi connectivity index (χ3v) is 4.07. The normalized spacial score (nSPS) is 14.4. The molecule has 0 atom stereocenters. The molecule has 2 aromatic carbocycles. The maximum atomic E-state index is 12.0. The van der Waals surface area contributed by atoms with Gasteiger partial charge in [-0.2, -0.15) is 0 Å². The van der Waals surface area contributed by atoms with Crippen molar-refractivity contribution in [2.75, 3.05) is 11.4 Å². The number of nitro benzene ring substituents is 1. The minimum absolute atomic E-state index is 0.0398. The van der Waals surface area contributed by atoms with E-state index in [0.29, 0.717) is 18.7 Å². The van der Waals surface area contributed by atoms with Crippen LogP contribution in [-0.2, 0) is 4.79 Å². The number of hydrogen-bond acceptors (Lipinski definition) is 5. The molecule has 0 saturated carbocycles. The van der Waals surface area contributed by atoms with Gasteiger partial charge in [0.25, 0.3) is 5.69 Å². The Morgan fingerprint density at radius 3 is 2.56 bits per heavy atom. The Bertz CT molecular complexity index is 865. The summed E-state index contributed by atoms with van der Waals surface area (Å²) in [4.78, 5) is 27.7. The molecule has 0 aliphatic carbocycles. The van der Waals surface area contributed by atoms with Gasteiger partial charge in [-0.05, 0) is 48.1 Å². The zero-order chi connectivity index (χ0) is 18.0. The summed E-state index contributed by atoms with van der Waals surface area (Å²) >= 11 is 5.81. The Balaban J connectivity index is 1.83. The van der Waals surface area contributed by atoms with E-state index in [2.05, 4.69) is 4.99 Å². The number of halogens is 1. The molecule has 8 heteroatoms. The third-order valence-electron chi connectivity index (χ3n) is 3.85. The van der Waals surface area contributed by atoms with Gasteiger partial charge in [0.1, 0.15) is 0 Å². The van der Waals surface area contributed by atoms with Crippen LogP contribution in [0.15, 0.2) is 41.4 Å². The highest BCUT2D eigenvalue weighted by Gasteiger charge is 2.21.